The van der Waals surface area contributed by atoms with Gasteiger partial charge in [-0.2, -0.15) is 0 Å². The second-order valence-corrected chi connectivity index (χ2v) is 7.53. The number of rotatable bonds is 8. The van der Waals surface area contributed by atoms with Gasteiger partial charge >= 0.3 is 0 Å². The van der Waals surface area contributed by atoms with Crippen molar-refractivity contribution >= 4 is 23.1 Å². The number of aryl methyl sites for hydroxylation is 1. The summed E-state index contributed by atoms with van der Waals surface area (Å²) in [4.78, 5) is 29.5. The Morgan fingerprint density at radius 3 is 2.17 bits per heavy atom. The fourth-order valence-electron chi connectivity index (χ4n) is 3.48. The third-order valence-corrected chi connectivity index (χ3v) is 4.99. The monoisotopic (exact) mass is 408 g/mol. The van der Waals surface area contributed by atoms with Crippen LogP contribution in [0.5, 0.6) is 5.75 Å². The number of anilines is 1. The third-order valence-electron chi connectivity index (χ3n) is 4.99. The van der Waals surface area contributed by atoms with E-state index in [1.54, 1.807) is 48.3 Å². The highest BCUT2D eigenvalue weighted by molar-refractivity contribution is 6.45. The second kappa shape index (κ2) is 9.13. The van der Waals surface area contributed by atoms with Crippen LogP contribution in [0.25, 0.3) is 5.57 Å². The normalized spacial score (nSPS) is 14.1. The summed E-state index contributed by atoms with van der Waals surface area (Å²) >= 11 is 0. The van der Waals surface area contributed by atoms with Crippen molar-refractivity contribution in [1.29, 1.82) is 0 Å². The molecule has 1 heterocycles. The molecule has 0 atom stereocenters. The van der Waals surface area contributed by atoms with Crippen molar-refractivity contribution in [1.82, 2.24) is 4.90 Å². The van der Waals surface area contributed by atoms with Gasteiger partial charge < -0.3 is 14.7 Å². The Morgan fingerprint density at radius 1 is 1.00 bits per heavy atom. The number of aliphatic hydroxyl groups excluding tert-OH is 1. The number of carbonyl (C=O) groups is 2. The number of hydrogen-bond donors (Lipinski definition) is 1. The van der Waals surface area contributed by atoms with Gasteiger partial charge in [0.1, 0.15) is 11.4 Å². The largest absolute Gasteiger partial charge is 0.491 e. The molecule has 0 fully saturated rings. The third kappa shape index (κ3) is 4.24. The Balaban J connectivity index is 2.03. The highest BCUT2D eigenvalue weighted by Gasteiger charge is 2.41. The maximum atomic E-state index is 13.4. The number of aliphatic hydroxyl groups is 1. The zero-order chi connectivity index (χ0) is 21.8. The van der Waals surface area contributed by atoms with E-state index in [0.717, 1.165) is 12.0 Å². The van der Waals surface area contributed by atoms with Crippen molar-refractivity contribution < 1.29 is 19.4 Å². The molecule has 3 rings (SSSR count). The van der Waals surface area contributed by atoms with Gasteiger partial charge in [0.25, 0.3) is 11.8 Å². The van der Waals surface area contributed by atoms with E-state index in [1.165, 1.54) is 4.90 Å². The van der Waals surface area contributed by atoms with E-state index in [9.17, 15) is 14.7 Å². The van der Waals surface area contributed by atoms with Crippen LogP contribution in [0, 0.1) is 0 Å². The molecule has 6 heteroatoms. The van der Waals surface area contributed by atoms with Crippen molar-refractivity contribution in [3.8, 4) is 5.75 Å². The lowest BCUT2D eigenvalue weighted by atomic mass is 10.0. The Morgan fingerprint density at radius 2 is 1.63 bits per heavy atom. The highest BCUT2D eigenvalue weighted by Crippen LogP contribution is 2.35. The number of hydrogen-bond acceptors (Lipinski definition) is 5. The average Bonchev–Trinajstić information content (AvgIpc) is 2.99. The van der Waals surface area contributed by atoms with Gasteiger partial charge in [-0.25, -0.2) is 4.90 Å². The molecular weight excluding hydrogens is 380 g/mol. The number of likely N-dealkylation sites (N-methyl/N-ethyl adjacent to an activating group) is 1. The van der Waals surface area contributed by atoms with Gasteiger partial charge in [-0.15, -0.1) is 0 Å². The second-order valence-electron chi connectivity index (χ2n) is 7.53. The Bertz CT molecular complexity index is 946. The molecule has 2 aromatic carbocycles. The lowest BCUT2D eigenvalue weighted by molar-refractivity contribution is -0.120. The summed E-state index contributed by atoms with van der Waals surface area (Å²) in [6, 6.07) is 14.6. The topological polar surface area (TPSA) is 70.1 Å². The minimum absolute atomic E-state index is 0.0394. The summed E-state index contributed by atoms with van der Waals surface area (Å²) in [5.74, 6) is -0.0670. The van der Waals surface area contributed by atoms with E-state index in [1.807, 2.05) is 26.0 Å². The van der Waals surface area contributed by atoms with E-state index >= 15 is 0 Å². The molecule has 0 bridgehead atoms. The summed E-state index contributed by atoms with van der Waals surface area (Å²) in [7, 11) is 1.71. The first-order valence-electron chi connectivity index (χ1n) is 10.2. The fourth-order valence-corrected chi connectivity index (χ4v) is 3.48. The highest BCUT2D eigenvalue weighted by atomic mass is 16.5. The van der Waals surface area contributed by atoms with E-state index in [4.69, 9.17) is 4.74 Å². The number of carbonyl (C=O) groups excluding carboxylic acids is 2. The standard InChI is InChI=1S/C24H28N2O4/c1-5-17-6-10-19(11-7-17)26-23(28)21(22(24(26)29)25(4)14-15-27)18-8-12-20(13-9-18)30-16(2)3/h6-13,16,27H,5,14-15H2,1-4H3. The number of imide groups is 1. The molecule has 2 amide bonds. The van der Waals surface area contributed by atoms with Crippen molar-refractivity contribution in [3.05, 3.63) is 65.4 Å². The van der Waals surface area contributed by atoms with Gasteiger partial charge in [0.05, 0.1) is 24.0 Å². The maximum Gasteiger partial charge on any atom is 0.282 e. The van der Waals surface area contributed by atoms with E-state index in [-0.39, 0.29) is 30.9 Å². The summed E-state index contributed by atoms with van der Waals surface area (Å²) < 4.78 is 5.68. The summed E-state index contributed by atoms with van der Waals surface area (Å²) in [5.41, 5.74) is 2.91. The van der Waals surface area contributed by atoms with Crippen molar-refractivity contribution in [2.45, 2.75) is 33.3 Å². The Hall–Kier alpha value is -3.12. The molecular formula is C24H28N2O4. The van der Waals surface area contributed by atoms with Gasteiger partial charge in [-0.3, -0.25) is 9.59 Å². The predicted octanol–water partition coefficient (Wildman–Crippen LogP) is 3.24. The first kappa shape index (κ1) is 21.6. The van der Waals surface area contributed by atoms with Gasteiger partial charge in [-0.05, 0) is 55.7 Å². The van der Waals surface area contributed by atoms with E-state index in [0.29, 0.717) is 22.6 Å². The predicted molar refractivity (Wildman–Crippen MR) is 117 cm³/mol. The summed E-state index contributed by atoms with van der Waals surface area (Å²) in [6.07, 6.45) is 0.915. The average molecular weight is 408 g/mol. The fraction of sp³-hybridized carbons (Fsp3) is 0.333. The van der Waals surface area contributed by atoms with Gasteiger partial charge in [0.2, 0.25) is 0 Å². The van der Waals surface area contributed by atoms with Gasteiger partial charge in [0, 0.05) is 13.6 Å². The van der Waals surface area contributed by atoms with E-state index in [2.05, 4.69) is 6.92 Å². The zero-order valence-corrected chi connectivity index (χ0v) is 17.9. The lowest BCUT2D eigenvalue weighted by Crippen LogP contribution is -2.34. The summed E-state index contributed by atoms with van der Waals surface area (Å²) in [6.45, 7) is 6.06. The quantitative estimate of drug-likeness (QED) is 0.679. The molecule has 0 radical (unpaired) electrons. The zero-order valence-electron chi connectivity index (χ0n) is 17.9. The smallest absolute Gasteiger partial charge is 0.282 e. The van der Waals surface area contributed by atoms with Gasteiger partial charge in [-0.1, -0.05) is 31.2 Å². The van der Waals surface area contributed by atoms with Crippen molar-refractivity contribution in [2.75, 3.05) is 25.1 Å². The number of nitrogens with zero attached hydrogens (tertiary/aromatic N) is 2. The number of benzene rings is 2. The first-order valence-corrected chi connectivity index (χ1v) is 10.2. The molecule has 0 aromatic heterocycles. The van der Waals surface area contributed by atoms with Crippen LogP contribution in [0.2, 0.25) is 0 Å². The van der Waals surface area contributed by atoms with Crippen LogP contribution < -0.4 is 9.64 Å². The van der Waals surface area contributed by atoms with Crippen LogP contribution in [0.3, 0.4) is 0 Å². The minimum atomic E-state index is -0.391. The first-order chi connectivity index (χ1) is 14.4. The molecule has 1 N–H and O–H groups in total. The minimum Gasteiger partial charge on any atom is -0.491 e. The molecule has 2 aromatic rings. The molecule has 30 heavy (non-hydrogen) atoms. The van der Waals surface area contributed by atoms with Crippen LogP contribution in [-0.4, -0.2) is 48.1 Å². The van der Waals surface area contributed by atoms with Crippen LogP contribution >= 0.6 is 0 Å². The summed E-state index contributed by atoms with van der Waals surface area (Å²) in [5, 5.41) is 9.38. The van der Waals surface area contributed by atoms with Crippen LogP contribution in [-0.2, 0) is 16.0 Å². The molecule has 0 unspecified atom stereocenters. The van der Waals surface area contributed by atoms with Crippen molar-refractivity contribution in [2.24, 2.45) is 0 Å². The number of ether oxygens (including phenoxy) is 1. The molecule has 0 saturated carbocycles. The molecule has 158 valence electrons. The Kier molecular flexibility index (Phi) is 6.57. The SMILES string of the molecule is CCc1ccc(N2C(=O)C(c3ccc(OC(C)C)cc3)=C(N(C)CCO)C2=O)cc1. The van der Waals surface area contributed by atoms with Crippen LogP contribution in [0.4, 0.5) is 5.69 Å². The van der Waals surface area contributed by atoms with Gasteiger partial charge in [0.15, 0.2) is 0 Å². The molecule has 1 aliphatic heterocycles. The van der Waals surface area contributed by atoms with E-state index < -0.39 is 5.91 Å². The molecule has 0 spiro atoms. The maximum absolute atomic E-state index is 13.4. The Labute approximate surface area is 177 Å². The molecule has 1 aliphatic rings. The molecule has 0 aliphatic carbocycles. The lowest BCUT2D eigenvalue weighted by Gasteiger charge is -2.20. The number of amides is 2. The molecule has 0 saturated heterocycles. The molecule has 6 nitrogen and oxygen atoms in total. The van der Waals surface area contributed by atoms with Crippen LogP contribution in [0.15, 0.2) is 54.2 Å². The van der Waals surface area contributed by atoms with Crippen LogP contribution in [0.1, 0.15) is 31.9 Å². The van der Waals surface area contributed by atoms with Crippen molar-refractivity contribution in [3.63, 3.8) is 0 Å².